The number of alkyl halides is 1. The van der Waals surface area contributed by atoms with Crippen molar-refractivity contribution in [3.05, 3.63) is 0 Å². The Labute approximate surface area is 99.9 Å². The summed E-state index contributed by atoms with van der Waals surface area (Å²) in [5.74, 6) is 0.529. The van der Waals surface area contributed by atoms with Crippen LogP contribution in [-0.4, -0.2) is 16.5 Å². The summed E-state index contributed by atoms with van der Waals surface area (Å²) in [5.41, 5.74) is -0.363. The smallest absolute Gasteiger partial charge is 0.311 e. The number of halogens is 1. The molecule has 0 bridgehead atoms. The number of hydrogen-bond donors (Lipinski definition) is 0. The van der Waals surface area contributed by atoms with Crippen LogP contribution < -0.4 is 0 Å². The Morgan fingerprint density at radius 3 is 2.57 bits per heavy atom. The van der Waals surface area contributed by atoms with Gasteiger partial charge >= 0.3 is 5.97 Å². The third-order valence-electron chi connectivity index (χ3n) is 2.66. The number of esters is 1. The van der Waals surface area contributed by atoms with Crippen LogP contribution in [0, 0.1) is 11.3 Å². The lowest BCUT2D eigenvalue weighted by Gasteiger charge is -2.23. The maximum absolute atomic E-state index is 11.7. The average molecular weight is 310 g/mol. The molecular weight excluding hydrogens is 291 g/mol. The third-order valence-corrected chi connectivity index (χ3v) is 3.79. The lowest BCUT2D eigenvalue weighted by atomic mass is 9.97. The SMILES string of the molecule is CC(C)(C)C(=O)O[C@H]1CCC[C@H]1CI. The molecule has 0 aliphatic heterocycles. The van der Waals surface area contributed by atoms with Crippen molar-refractivity contribution in [3.63, 3.8) is 0 Å². The molecule has 0 spiro atoms. The highest BCUT2D eigenvalue weighted by Gasteiger charge is 2.33. The van der Waals surface area contributed by atoms with E-state index in [0.717, 1.165) is 10.8 Å². The number of hydrogen-bond acceptors (Lipinski definition) is 2. The van der Waals surface area contributed by atoms with Crippen LogP contribution in [0.4, 0.5) is 0 Å². The minimum atomic E-state index is -0.363. The van der Waals surface area contributed by atoms with Crippen molar-refractivity contribution in [2.75, 3.05) is 4.43 Å². The predicted molar refractivity (Wildman–Crippen MR) is 65.6 cm³/mol. The van der Waals surface area contributed by atoms with E-state index in [2.05, 4.69) is 22.6 Å². The minimum absolute atomic E-state index is 0.0562. The zero-order valence-electron chi connectivity index (χ0n) is 9.18. The molecule has 1 aliphatic carbocycles. The first-order valence-corrected chi connectivity index (χ1v) is 6.74. The van der Waals surface area contributed by atoms with Crippen molar-refractivity contribution in [2.45, 2.75) is 46.1 Å². The van der Waals surface area contributed by atoms with E-state index in [9.17, 15) is 4.79 Å². The molecule has 0 saturated heterocycles. The van der Waals surface area contributed by atoms with Gasteiger partial charge in [-0.15, -0.1) is 0 Å². The number of carbonyl (C=O) groups excluding carboxylic acids is 1. The van der Waals surface area contributed by atoms with Crippen LogP contribution in [0.15, 0.2) is 0 Å². The summed E-state index contributed by atoms with van der Waals surface area (Å²) in [6, 6.07) is 0. The van der Waals surface area contributed by atoms with Crippen molar-refractivity contribution in [1.29, 1.82) is 0 Å². The topological polar surface area (TPSA) is 26.3 Å². The zero-order valence-corrected chi connectivity index (χ0v) is 11.3. The molecule has 2 atom stereocenters. The van der Waals surface area contributed by atoms with Crippen molar-refractivity contribution in [3.8, 4) is 0 Å². The molecule has 0 N–H and O–H groups in total. The molecule has 0 heterocycles. The summed E-state index contributed by atoms with van der Waals surface area (Å²) in [7, 11) is 0. The maximum Gasteiger partial charge on any atom is 0.311 e. The Morgan fingerprint density at radius 1 is 1.43 bits per heavy atom. The highest BCUT2D eigenvalue weighted by molar-refractivity contribution is 14.1. The summed E-state index contributed by atoms with van der Waals surface area (Å²) >= 11 is 2.38. The molecule has 2 nitrogen and oxygen atoms in total. The predicted octanol–water partition coefficient (Wildman–Crippen LogP) is 3.18. The lowest BCUT2D eigenvalue weighted by Crippen LogP contribution is -2.30. The molecule has 1 fully saturated rings. The van der Waals surface area contributed by atoms with E-state index in [1.807, 2.05) is 20.8 Å². The monoisotopic (exact) mass is 310 g/mol. The van der Waals surface area contributed by atoms with E-state index in [0.29, 0.717) is 5.92 Å². The minimum Gasteiger partial charge on any atom is -0.462 e. The second-order valence-electron chi connectivity index (χ2n) is 5.04. The molecule has 1 rings (SSSR count). The molecule has 0 unspecified atom stereocenters. The first-order chi connectivity index (χ1) is 6.45. The molecule has 0 aromatic rings. The van der Waals surface area contributed by atoms with Crippen molar-refractivity contribution < 1.29 is 9.53 Å². The largest absolute Gasteiger partial charge is 0.462 e. The lowest BCUT2D eigenvalue weighted by molar-refractivity contribution is -0.159. The van der Waals surface area contributed by atoms with Crippen molar-refractivity contribution in [2.24, 2.45) is 11.3 Å². The second-order valence-corrected chi connectivity index (χ2v) is 5.92. The average Bonchev–Trinajstić information content (AvgIpc) is 2.50. The quantitative estimate of drug-likeness (QED) is 0.445. The highest BCUT2D eigenvalue weighted by Crippen LogP contribution is 2.31. The van der Waals surface area contributed by atoms with Gasteiger partial charge in [0.2, 0.25) is 0 Å². The Hall–Kier alpha value is 0.200. The van der Waals surface area contributed by atoms with E-state index in [1.54, 1.807) is 0 Å². The van der Waals surface area contributed by atoms with Gasteiger partial charge in [-0.2, -0.15) is 0 Å². The van der Waals surface area contributed by atoms with E-state index >= 15 is 0 Å². The molecule has 3 heteroatoms. The fraction of sp³-hybridized carbons (Fsp3) is 0.909. The van der Waals surface area contributed by atoms with Crippen molar-refractivity contribution >= 4 is 28.6 Å². The van der Waals surface area contributed by atoms with Gasteiger partial charge in [0.25, 0.3) is 0 Å². The van der Waals surface area contributed by atoms with E-state index in [1.165, 1.54) is 12.8 Å². The molecule has 0 aromatic heterocycles. The van der Waals surface area contributed by atoms with Crippen LogP contribution in [0.1, 0.15) is 40.0 Å². The van der Waals surface area contributed by atoms with Crippen LogP contribution in [0.5, 0.6) is 0 Å². The van der Waals surface area contributed by atoms with Crippen LogP contribution >= 0.6 is 22.6 Å². The number of ether oxygens (including phenoxy) is 1. The van der Waals surface area contributed by atoms with Crippen molar-refractivity contribution in [1.82, 2.24) is 0 Å². The number of carbonyl (C=O) groups is 1. The van der Waals surface area contributed by atoms with Gasteiger partial charge in [0.1, 0.15) is 6.10 Å². The Morgan fingerprint density at radius 2 is 2.07 bits per heavy atom. The van der Waals surface area contributed by atoms with E-state index in [4.69, 9.17) is 4.74 Å². The normalized spacial score (nSPS) is 27.7. The maximum atomic E-state index is 11.7. The molecule has 1 saturated carbocycles. The van der Waals surface area contributed by atoms with Gasteiger partial charge in [-0.05, 0) is 40.0 Å². The van der Waals surface area contributed by atoms with Crippen LogP contribution in [0.3, 0.4) is 0 Å². The van der Waals surface area contributed by atoms with Gasteiger partial charge in [0.05, 0.1) is 5.41 Å². The third kappa shape index (κ3) is 3.11. The first-order valence-electron chi connectivity index (χ1n) is 5.22. The van der Waals surface area contributed by atoms with Gasteiger partial charge in [-0.3, -0.25) is 4.79 Å². The molecule has 82 valence electrons. The van der Waals surface area contributed by atoms with Gasteiger partial charge in [0, 0.05) is 10.3 Å². The standard InChI is InChI=1S/C11H19IO2/c1-11(2,3)10(13)14-9-6-4-5-8(9)7-12/h8-9H,4-7H2,1-3H3/t8-,9-/m0/s1. The van der Waals surface area contributed by atoms with Crippen LogP contribution in [0.2, 0.25) is 0 Å². The van der Waals surface area contributed by atoms with Gasteiger partial charge in [0.15, 0.2) is 0 Å². The summed E-state index contributed by atoms with van der Waals surface area (Å²) in [4.78, 5) is 11.7. The van der Waals surface area contributed by atoms with Gasteiger partial charge in [-0.25, -0.2) is 0 Å². The fourth-order valence-electron chi connectivity index (χ4n) is 1.65. The molecule has 14 heavy (non-hydrogen) atoms. The molecule has 0 radical (unpaired) electrons. The van der Waals surface area contributed by atoms with Gasteiger partial charge < -0.3 is 4.74 Å². The van der Waals surface area contributed by atoms with E-state index < -0.39 is 0 Å². The van der Waals surface area contributed by atoms with Crippen LogP contribution in [-0.2, 0) is 9.53 Å². The van der Waals surface area contributed by atoms with Gasteiger partial charge in [-0.1, -0.05) is 22.6 Å². The molecule has 1 aliphatic rings. The van der Waals surface area contributed by atoms with E-state index in [-0.39, 0.29) is 17.5 Å². The highest BCUT2D eigenvalue weighted by atomic mass is 127. The summed E-state index contributed by atoms with van der Waals surface area (Å²) in [5, 5.41) is 0. The zero-order chi connectivity index (χ0) is 10.8. The Balaban J connectivity index is 2.48. The molecule has 0 aromatic carbocycles. The second kappa shape index (κ2) is 4.81. The van der Waals surface area contributed by atoms with Crippen LogP contribution in [0.25, 0.3) is 0 Å². The first kappa shape index (κ1) is 12.3. The summed E-state index contributed by atoms with van der Waals surface area (Å²) in [6.45, 7) is 5.72. The Bertz CT molecular complexity index is 208. The summed E-state index contributed by atoms with van der Waals surface area (Å²) < 4.78 is 6.63. The molecule has 0 amide bonds. The fourth-order valence-corrected chi connectivity index (χ4v) is 2.66. The Kier molecular flexibility index (Phi) is 4.22. The molecular formula is C11H19IO2. The number of rotatable bonds is 2. The summed E-state index contributed by atoms with van der Waals surface area (Å²) in [6.07, 6.45) is 3.65.